The van der Waals surface area contributed by atoms with Gasteiger partial charge in [0.1, 0.15) is 0 Å². The number of hydrogen-bond donors (Lipinski definition) is 0. The zero-order chi connectivity index (χ0) is 12.5. The number of rotatable bonds is 1. The van der Waals surface area contributed by atoms with Gasteiger partial charge in [-0.05, 0) is 27.4 Å². The normalized spacial score (nSPS) is 11.5. The maximum Gasteiger partial charge on any atom is -0.0112 e. The Bertz CT molecular complexity index is 507. The largest absolute Gasteiger partial charge is 0.105 e. The van der Waals surface area contributed by atoms with Crippen LogP contribution in [0.5, 0.6) is 0 Å². The Morgan fingerprint density at radius 2 is 1.53 bits per heavy atom. The third-order valence-corrected chi connectivity index (χ3v) is 3.48. The molecule has 1 atom stereocenters. The first kappa shape index (κ1) is 12.3. The zero-order valence-electron chi connectivity index (χ0n) is 10.7. The summed E-state index contributed by atoms with van der Waals surface area (Å²) in [6, 6.07) is 17.2. The van der Waals surface area contributed by atoms with Crippen molar-refractivity contribution < 1.29 is 0 Å². The summed E-state index contributed by atoms with van der Waals surface area (Å²) < 4.78 is 0. The van der Waals surface area contributed by atoms with E-state index in [1.54, 1.807) is 0 Å². The fourth-order valence-corrected chi connectivity index (χ4v) is 2.35. The van der Waals surface area contributed by atoms with Crippen molar-refractivity contribution in [2.24, 2.45) is 0 Å². The maximum absolute atomic E-state index is 2.85. The van der Waals surface area contributed by atoms with Crippen molar-refractivity contribution in [3.05, 3.63) is 54.1 Å². The first-order valence-corrected chi connectivity index (χ1v) is 6.51. The van der Waals surface area contributed by atoms with Gasteiger partial charge in [0.05, 0.1) is 0 Å². The average molecular weight is 242 g/mol. The molecule has 0 aliphatic heterocycles. The van der Waals surface area contributed by atoms with E-state index in [9.17, 15) is 0 Å². The quantitative estimate of drug-likeness (QED) is 0.659. The topological polar surface area (TPSA) is 0 Å². The minimum Gasteiger partial charge on any atom is -0.105 e. The fraction of sp³-hybridized carbons (Fsp3) is 0.250. The summed E-state index contributed by atoms with van der Waals surface area (Å²) in [6.07, 6.45) is 0. The first-order valence-electron chi connectivity index (χ1n) is 5.94. The van der Waals surface area contributed by atoms with E-state index in [1.807, 2.05) is 0 Å². The van der Waals surface area contributed by atoms with E-state index < -0.39 is 0 Å². The highest BCUT2D eigenvalue weighted by atomic mass is 31.0. The van der Waals surface area contributed by atoms with Crippen LogP contribution in [0.15, 0.2) is 48.5 Å². The second-order valence-corrected chi connectivity index (χ2v) is 6.04. The lowest BCUT2D eigenvalue weighted by molar-refractivity contribution is 0.591. The van der Waals surface area contributed by atoms with Crippen LogP contribution in [0.4, 0.5) is 0 Å². The van der Waals surface area contributed by atoms with Gasteiger partial charge in [0.15, 0.2) is 0 Å². The molecule has 2 rings (SSSR count). The molecule has 0 aliphatic carbocycles. The van der Waals surface area contributed by atoms with Gasteiger partial charge in [-0.2, -0.15) is 0 Å². The average Bonchev–Trinajstić information content (AvgIpc) is 2.29. The van der Waals surface area contributed by atoms with Gasteiger partial charge >= 0.3 is 0 Å². The van der Waals surface area contributed by atoms with Gasteiger partial charge in [-0.25, -0.2) is 0 Å². The van der Waals surface area contributed by atoms with Crippen molar-refractivity contribution in [2.75, 3.05) is 0 Å². The van der Waals surface area contributed by atoms with E-state index in [0.29, 0.717) is 0 Å². The molecule has 2 aromatic carbocycles. The predicted molar refractivity (Wildman–Crippen MR) is 79.9 cm³/mol. The van der Waals surface area contributed by atoms with E-state index in [4.69, 9.17) is 0 Å². The molecule has 0 radical (unpaired) electrons. The van der Waals surface area contributed by atoms with Gasteiger partial charge in [0.2, 0.25) is 0 Å². The van der Waals surface area contributed by atoms with E-state index in [1.165, 1.54) is 22.0 Å². The van der Waals surface area contributed by atoms with Crippen LogP contribution in [0.2, 0.25) is 0 Å². The van der Waals surface area contributed by atoms with Crippen molar-refractivity contribution in [3.63, 3.8) is 0 Å². The Hall–Kier alpha value is -1.13. The molecule has 0 N–H and O–H groups in total. The second-order valence-electron chi connectivity index (χ2n) is 5.42. The summed E-state index contributed by atoms with van der Waals surface area (Å²) >= 11 is 0. The van der Waals surface area contributed by atoms with Gasteiger partial charge in [-0.1, -0.05) is 69.3 Å². The summed E-state index contributed by atoms with van der Waals surface area (Å²) in [5.41, 5.74) is 4.16. The summed E-state index contributed by atoms with van der Waals surface area (Å²) in [4.78, 5) is 0. The smallest absolute Gasteiger partial charge is 0.0112 e. The first-order chi connectivity index (χ1) is 7.98. The number of benzene rings is 2. The van der Waals surface area contributed by atoms with E-state index in [2.05, 4.69) is 78.5 Å². The molecule has 0 fully saturated rings. The van der Waals surface area contributed by atoms with Crippen LogP contribution in [0.25, 0.3) is 11.1 Å². The van der Waals surface area contributed by atoms with Crippen LogP contribution in [-0.4, -0.2) is 0 Å². The van der Waals surface area contributed by atoms with Crippen LogP contribution in [0, 0.1) is 0 Å². The summed E-state index contributed by atoms with van der Waals surface area (Å²) in [5, 5.41) is 1.27. The molecule has 0 amide bonds. The molecule has 0 spiro atoms. The molecule has 0 aromatic heterocycles. The van der Waals surface area contributed by atoms with Gasteiger partial charge in [-0.3, -0.25) is 0 Å². The Morgan fingerprint density at radius 3 is 2.06 bits per heavy atom. The van der Waals surface area contributed by atoms with E-state index in [0.717, 1.165) is 0 Å². The van der Waals surface area contributed by atoms with Crippen LogP contribution < -0.4 is 5.30 Å². The minimum absolute atomic E-state index is 0.209. The molecule has 0 saturated heterocycles. The Balaban J connectivity index is 2.46. The molecular weight excluding hydrogens is 223 g/mol. The van der Waals surface area contributed by atoms with Crippen LogP contribution in [0.3, 0.4) is 0 Å². The molecule has 0 heterocycles. The van der Waals surface area contributed by atoms with Crippen LogP contribution >= 0.6 is 9.24 Å². The van der Waals surface area contributed by atoms with Crippen molar-refractivity contribution in [1.29, 1.82) is 0 Å². The minimum atomic E-state index is 0.209. The molecule has 1 heteroatoms. The highest BCUT2D eigenvalue weighted by Gasteiger charge is 2.14. The Morgan fingerprint density at radius 1 is 0.882 bits per heavy atom. The SMILES string of the molecule is CC(C)(C)c1ccc(-c2ccccc2)c(P)c1. The highest BCUT2D eigenvalue weighted by molar-refractivity contribution is 7.28. The maximum atomic E-state index is 2.85. The fourth-order valence-electron chi connectivity index (χ4n) is 1.91. The Kier molecular flexibility index (Phi) is 3.35. The molecule has 88 valence electrons. The van der Waals surface area contributed by atoms with E-state index >= 15 is 0 Å². The molecule has 0 bridgehead atoms. The van der Waals surface area contributed by atoms with Crippen molar-refractivity contribution >= 4 is 14.5 Å². The lowest BCUT2D eigenvalue weighted by Gasteiger charge is -2.20. The van der Waals surface area contributed by atoms with E-state index in [-0.39, 0.29) is 5.41 Å². The molecule has 1 unspecified atom stereocenters. The third kappa shape index (κ3) is 2.76. The van der Waals surface area contributed by atoms with Gasteiger partial charge in [0.25, 0.3) is 0 Å². The van der Waals surface area contributed by atoms with Gasteiger partial charge < -0.3 is 0 Å². The molecule has 2 aromatic rings. The predicted octanol–water partition coefficient (Wildman–Crippen LogP) is 4.15. The highest BCUT2D eigenvalue weighted by Crippen LogP contribution is 2.25. The van der Waals surface area contributed by atoms with Crippen molar-refractivity contribution in [1.82, 2.24) is 0 Å². The van der Waals surface area contributed by atoms with Crippen LogP contribution in [0.1, 0.15) is 26.3 Å². The lowest BCUT2D eigenvalue weighted by Crippen LogP contribution is -2.13. The van der Waals surface area contributed by atoms with Gasteiger partial charge in [-0.15, -0.1) is 9.24 Å². The molecule has 0 nitrogen and oxygen atoms in total. The summed E-state index contributed by atoms with van der Waals surface area (Å²) in [7, 11) is 2.85. The molecule has 0 saturated carbocycles. The second kappa shape index (κ2) is 4.63. The van der Waals surface area contributed by atoms with Crippen molar-refractivity contribution in [3.8, 4) is 11.1 Å². The van der Waals surface area contributed by atoms with Gasteiger partial charge in [0, 0.05) is 0 Å². The zero-order valence-corrected chi connectivity index (χ0v) is 11.9. The standard InChI is InChI=1S/C16H19P/c1-16(2,3)13-9-10-14(15(17)11-13)12-7-5-4-6-8-12/h4-11H,17H2,1-3H3. The molecule has 0 aliphatic rings. The third-order valence-electron chi connectivity index (χ3n) is 3.00. The monoisotopic (exact) mass is 242 g/mol. The van der Waals surface area contributed by atoms with Crippen LogP contribution in [-0.2, 0) is 5.41 Å². The van der Waals surface area contributed by atoms with Crippen molar-refractivity contribution in [2.45, 2.75) is 26.2 Å². The molecule has 17 heavy (non-hydrogen) atoms. The molecular formula is C16H19P. The number of hydrogen-bond acceptors (Lipinski definition) is 0. The summed E-state index contributed by atoms with van der Waals surface area (Å²) in [5.74, 6) is 0. The Labute approximate surface area is 106 Å². The summed E-state index contributed by atoms with van der Waals surface area (Å²) in [6.45, 7) is 6.73. The lowest BCUT2D eigenvalue weighted by atomic mass is 9.86.